The molecule has 140 valence electrons. The van der Waals surface area contributed by atoms with Gasteiger partial charge < -0.3 is 5.32 Å². The van der Waals surface area contributed by atoms with Gasteiger partial charge >= 0.3 is 0 Å². The van der Waals surface area contributed by atoms with Crippen LogP contribution in [0.1, 0.15) is 45.0 Å². The van der Waals surface area contributed by atoms with Crippen molar-refractivity contribution in [3.63, 3.8) is 0 Å². The Kier molecular flexibility index (Phi) is 5.00. The molecule has 2 aromatic heterocycles. The molecule has 1 aliphatic heterocycles. The average Bonchev–Trinajstić information content (AvgIpc) is 3.37. The summed E-state index contributed by atoms with van der Waals surface area (Å²) >= 11 is 1.66. The molecule has 7 nitrogen and oxygen atoms in total. The van der Waals surface area contributed by atoms with E-state index in [0.29, 0.717) is 5.56 Å². The molecule has 1 aliphatic rings. The third kappa shape index (κ3) is 3.91. The zero-order chi connectivity index (χ0) is 18.8. The molecule has 0 aliphatic carbocycles. The van der Waals surface area contributed by atoms with E-state index in [9.17, 15) is 4.79 Å². The van der Waals surface area contributed by atoms with Gasteiger partial charge in [0, 0.05) is 29.6 Å². The number of likely N-dealkylation sites (tertiary alicyclic amines) is 1. The molecule has 0 saturated carbocycles. The molecular formula is C19H22N6OS. The number of aromatic amines is 1. The maximum atomic E-state index is 12.6. The summed E-state index contributed by atoms with van der Waals surface area (Å²) in [5.41, 5.74) is 3.61. The van der Waals surface area contributed by atoms with Gasteiger partial charge in [-0.25, -0.2) is 9.97 Å². The average molecular weight is 382 g/mol. The Labute approximate surface area is 161 Å². The predicted octanol–water partition coefficient (Wildman–Crippen LogP) is 2.62. The van der Waals surface area contributed by atoms with E-state index in [-0.39, 0.29) is 18.0 Å². The van der Waals surface area contributed by atoms with E-state index in [1.165, 1.54) is 4.88 Å². The van der Waals surface area contributed by atoms with Gasteiger partial charge in [0.2, 0.25) is 0 Å². The molecule has 0 bridgehead atoms. The fraction of sp³-hybridized carbons (Fsp3) is 0.368. The standard InChI is InChI=1S/C19H22N6OS/c1-12-17(27-11-20-12)10-25-9-15(8-16(25)18-21-13(2)23-24-18)22-19(26)14-6-4-3-5-7-14/h3-7,11,15-16H,8-10H2,1-2H3,(H,22,26)(H,21,23,24)/t15-,16-/m0/s1. The van der Waals surface area contributed by atoms with Crippen LogP contribution in [0.25, 0.3) is 0 Å². The fourth-order valence-electron chi connectivity index (χ4n) is 3.48. The van der Waals surface area contributed by atoms with Crippen molar-refractivity contribution in [2.75, 3.05) is 6.54 Å². The molecule has 8 heteroatoms. The number of amides is 1. The first-order chi connectivity index (χ1) is 13.1. The summed E-state index contributed by atoms with van der Waals surface area (Å²) < 4.78 is 0. The van der Waals surface area contributed by atoms with Crippen molar-refractivity contribution in [2.24, 2.45) is 0 Å². The van der Waals surface area contributed by atoms with Crippen LogP contribution in [0, 0.1) is 13.8 Å². The molecule has 3 heterocycles. The van der Waals surface area contributed by atoms with Crippen molar-refractivity contribution in [2.45, 2.75) is 38.9 Å². The highest BCUT2D eigenvalue weighted by Crippen LogP contribution is 2.33. The first-order valence-corrected chi connectivity index (χ1v) is 9.86. The van der Waals surface area contributed by atoms with Crippen LogP contribution in [0.15, 0.2) is 35.8 Å². The highest BCUT2D eigenvalue weighted by atomic mass is 32.1. The SMILES string of the molecule is Cc1nc([C@@H]2C[C@H](NC(=O)c3ccccc3)CN2Cc2scnc2C)n[nH]1. The number of nitrogens with one attached hydrogen (secondary N) is 2. The highest BCUT2D eigenvalue weighted by Gasteiger charge is 2.36. The van der Waals surface area contributed by atoms with Gasteiger partial charge in [-0.15, -0.1) is 11.3 Å². The molecule has 3 aromatic rings. The summed E-state index contributed by atoms with van der Waals surface area (Å²) in [6.07, 6.45) is 0.785. The van der Waals surface area contributed by atoms with Crippen molar-refractivity contribution in [3.05, 3.63) is 63.6 Å². The van der Waals surface area contributed by atoms with Gasteiger partial charge in [-0.05, 0) is 32.4 Å². The summed E-state index contributed by atoms with van der Waals surface area (Å²) in [6.45, 7) is 5.47. The number of carbonyl (C=O) groups excluding carboxylic acids is 1. The lowest BCUT2D eigenvalue weighted by atomic mass is 10.1. The Balaban J connectivity index is 1.51. The Morgan fingerprint density at radius 1 is 1.33 bits per heavy atom. The van der Waals surface area contributed by atoms with Crippen LogP contribution < -0.4 is 5.32 Å². The number of thiazole rings is 1. The van der Waals surface area contributed by atoms with Crippen LogP contribution in [-0.4, -0.2) is 43.6 Å². The lowest BCUT2D eigenvalue weighted by Gasteiger charge is -2.21. The molecule has 1 amide bonds. The molecule has 1 aromatic carbocycles. The molecule has 0 radical (unpaired) electrons. The molecule has 0 spiro atoms. The van der Waals surface area contributed by atoms with Crippen molar-refractivity contribution in [1.29, 1.82) is 0 Å². The molecule has 1 saturated heterocycles. The largest absolute Gasteiger partial charge is 0.348 e. The van der Waals surface area contributed by atoms with Gasteiger partial charge in [0.05, 0.1) is 17.2 Å². The monoisotopic (exact) mass is 382 g/mol. The van der Waals surface area contributed by atoms with Crippen LogP contribution in [0.5, 0.6) is 0 Å². The minimum Gasteiger partial charge on any atom is -0.348 e. The third-order valence-corrected chi connectivity index (χ3v) is 5.80. The Morgan fingerprint density at radius 2 is 2.15 bits per heavy atom. The van der Waals surface area contributed by atoms with E-state index in [1.54, 1.807) is 11.3 Å². The number of aromatic nitrogens is 4. The van der Waals surface area contributed by atoms with E-state index >= 15 is 0 Å². The molecule has 2 atom stereocenters. The molecular weight excluding hydrogens is 360 g/mol. The molecule has 1 fully saturated rings. The zero-order valence-electron chi connectivity index (χ0n) is 15.3. The van der Waals surface area contributed by atoms with Crippen molar-refractivity contribution in [1.82, 2.24) is 30.4 Å². The third-order valence-electron chi connectivity index (χ3n) is 4.88. The summed E-state index contributed by atoms with van der Waals surface area (Å²) in [6, 6.07) is 9.45. The second-order valence-corrected chi connectivity index (χ2v) is 7.80. The van der Waals surface area contributed by atoms with E-state index < -0.39 is 0 Å². The Morgan fingerprint density at radius 3 is 2.81 bits per heavy atom. The number of H-pyrrole nitrogens is 1. The van der Waals surface area contributed by atoms with Crippen molar-refractivity contribution < 1.29 is 4.79 Å². The number of benzene rings is 1. The van der Waals surface area contributed by atoms with Gasteiger partial charge in [0.15, 0.2) is 5.82 Å². The summed E-state index contributed by atoms with van der Waals surface area (Å²) in [5, 5.41) is 10.5. The lowest BCUT2D eigenvalue weighted by molar-refractivity contribution is 0.0937. The topological polar surface area (TPSA) is 86.8 Å². The van der Waals surface area contributed by atoms with Crippen LogP contribution in [0.4, 0.5) is 0 Å². The number of nitrogens with zero attached hydrogens (tertiary/aromatic N) is 4. The number of hydrogen-bond acceptors (Lipinski definition) is 6. The van der Waals surface area contributed by atoms with Crippen LogP contribution in [-0.2, 0) is 6.54 Å². The Hall–Kier alpha value is -2.58. The van der Waals surface area contributed by atoms with Crippen molar-refractivity contribution in [3.8, 4) is 0 Å². The van der Waals surface area contributed by atoms with E-state index in [1.807, 2.05) is 49.7 Å². The maximum absolute atomic E-state index is 12.6. The number of hydrogen-bond donors (Lipinski definition) is 2. The van der Waals surface area contributed by atoms with Crippen LogP contribution >= 0.6 is 11.3 Å². The first kappa shape index (κ1) is 17.8. The zero-order valence-corrected chi connectivity index (χ0v) is 16.2. The number of rotatable bonds is 5. The fourth-order valence-corrected chi connectivity index (χ4v) is 4.28. The van der Waals surface area contributed by atoms with E-state index in [0.717, 1.165) is 36.9 Å². The first-order valence-electron chi connectivity index (χ1n) is 8.98. The van der Waals surface area contributed by atoms with Gasteiger partial charge in [-0.1, -0.05) is 18.2 Å². The smallest absolute Gasteiger partial charge is 0.251 e. The van der Waals surface area contributed by atoms with Gasteiger partial charge in [0.1, 0.15) is 5.82 Å². The normalized spacial score (nSPS) is 20.1. The summed E-state index contributed by atoms with van der Waals surface area (Å²) in [7, 11) is 0. The molecule has 27 heavy (non-hydrogen) atoms. The summed E-state index contributed by atoms with van der Waals surface area (Å²) in [5.74, 6) is 1.54. The number of carbonyl (C=O) groups is 1. The van der Waals surface area contributed by atoms with Gasteiger partial charge in [-0.2, -0.15) is 5.10 Å². The minimum atomic E-state index is -0.0404. The second-order valence-electron chi connectivity index (χ2n) is 6.86. The van der Waals surface area contributed by atoms with Gasteiger partial charge in [-0.3, -0.25) is 14.8 Å². The number of aryl methyl sites for hydroxylation is 2. The Bertz CT molecular complexity index is 921. The van der Waals surface area contributed by atoms with Crippen molar-refractivity contribution >= 4 is 17.2 Å². The quantitative estimate of drug-likeness (QED) is 0.708. The molecule has 4 rings (SSSR count). The second kappa shape index (κ2) is 7.58. The lowest BCUT2D eigenvalue weighted by Crippen LogP contribution is -2.36. The predicted molar refractivity (Wildman–Crippen MR) is 103 cm³/mol. The van der Waals surface area contributed by atoms with E-state index in [2.05, 4.69) is 30.4 Å². The minimum absolute atomic E-state index is 0.0404. The molecule has 0 unspecified atom stereocenters. The summed E-state index contributed by atoms with van der Waals surface area (Å²) in [4.78, 5) is 25.0. The van der Waals surface area contributed by atoms with Crippen LogP contribution in [0.2, 0.25) is 0 Å². The molecule has 2 N–H and O–H groups in total. The van der Waals surface area contributed by atoms with Gasteiger partial charge in [0.25, 0.3) is 5.91 Å². The van der Waals surface area contributed by atoms with Crippen LogP contribution in [0.3, 0.4) is 0 Å². The van der Waals surface area contributed by atoms with E-state index in [4.69, 9.17) is 0 Å². The highest BCUT2D eigenvalue weighted by molar-refractivity contribution is 7.09. The maximum Gasteiger partial charge on any atom is 0.251 e.